The molecule has 0 saturated heterocycles. The van der Waals surface area contributed by atoms with Gasteiger partial charge in [0, 0.05) is 17.1 Å². The molecule has 2 aliphatic rings. The summed E-state index contributed by atoms with van der Waals surface area (Å²) in [5, 5.41) is 15.5. The van der Waals surface area contributed by atoms with Crippen molar-refractivity contribution in [2.24, 2.45) is 10.1 Å². The molecule has 0 fully saturated rings. The largest absolute Gasteiger partial charge is 0.318 e. The van der Waals surface area contributed by atoms with Gasteiger partial charge >= 0.3 is 0 Å². The van der Waals surface area contributed by atoms with Crippen molar-refractivity contribution < 1.29 is 9.18 Å². The summed E-state index contributed by atoms with van der Waals surface area (Å²) in [6.07, 6.45) is 2.40. The first-order chi connectivity index (χ1) is 13.4. The molecule has 6 nitrogen and oxygen atoms in total. The molecule has 0 aliphatic carbocycles. The van der Waals surface area contributed by atoms with Gasteiger partial charge in [0.2, 0.25) is 5.17 Å². The second-order valence-electron chi connectivity index (χ2n) is 6.51. The van der Waals surface area contributed by atoms with Gasteiger partial charge in [-0.3, -0.25) is 10.2 Å². The van der Waals surface area contributed by atoms with Crippen molar-refractivity contribution >= 4 is 39.8 Å². The molecule has 2 aromatic rings. The highest BCUT2D eigenvalue weighted by Crippen LogP contribution is 2.30. The lowest BCUT2D eigenvalue weighted by Crippen LogP contribution is -2.35. The van der Waals surface area contributed by atoms with Crippen molar-refractivity contribution in [2.45, 2.75) is 27.2 Å². The Balaban J connectivity index is 1.75. The number of amidine groups is 2. The van der Waals surface area contributed by atoms with Crippen molar-refractivity contribution in [1.29, 1.82) is 5.41 Å². The Morgan fingerprint density at radius 2 is 1.96 bits per heavy atom. The van der Waals surface area contributed by atoms with E-state index in [9.17, 15) is 9.18 Å². The topological polar surface area (TPSA) is 73.8 Å². The van der Waals surface area contributed by atoms with Gasteiger partial charge in [0.05, 0.1) is 5.57 Å². The van der Waals surface area contributed by atoms with Gasteiger partial charge < -0.3 is 4.57 Å². The molecule has 0 radical (unpaired) electrons. The van der Waals surface area contributed by atoms with E-state index < -0.39 is 5.91 Å². The summed E-state index contributed by atoms with van der Waals surface area (Å²) in [7, 11) is 0. The molecule has 142 valence electrons. The van der Waals surface area contributed by atoms with Crippen LogP contribution in [0.3, 0.4) is 0 Å². The van der Waals surface area contributed by atoms with Crippen LogP contribution in [0, 0.1) is 25.1 Å². The van der Waals surface area contributed by atoms with Crippen LogP contribution in [0.1, 0.15) is 30.3 Å². The van der Waals surface area contributed by atoms with Crippen LogP contribution in [0.4, 0.5) is 4.39 Å². The van der Waals surface area contributed by atoms with Crippen molar-refractivity contribution in [1.82, 2.24) is 9.58 Å². The van der Waals surface area contributed by atoms with Gasteiger partial charge in [-0.2, -0.15) is 15.1 Å². The number of halogens is 1. The summed E-state index contributed by atoms with van der Waals surface area (Å²) >= 11 is 1.32. The van der Waals surface area contributed by atoms with Crippen molar-refractivity contribution in [3.63, 3.8) is 0 Å². The number of carbonyl (C=O) groups is 1. The van der Waals surface area contributed by atoms with Gasteiger partial charge in [0.15, 0.2) is 5.84 Å². The summed E-state index contributed by atoms with van der Waals surface area (Å²) in [6.45, 7) is 5.84. The maximum atomic E-state index is 13.3. The average molecular weight is 395 g/mol. The normalized spacial score (nSPS) is 17.9. The molecule has 1 aromatic carbocycles. The van der Waals surface area contributed by atoms with E-state index in [1.165, 1.54) is 28.9 Å². The number of hydrazone groups is 1. The van der Waals surface area contributed by atoms with Crippen LogP contribution in [-0.4, -0.2) is 31.5 Å². The molecular weight excluding hydrogens is 377 g/mol. The SMILES string of the molecule is CCC1=NN2C(=N)C(=Cc3cc(C)n(-c4ccc(F)cc4)c3C)C(=O)N=C2S1. The molecule has 28 heavy (non-hydrogen) atoms. The lowest BCUT2D eigenvalue weighted by atomic mass is 10.1. The number of benzene rings is 1. The Labute approximate surface area is 166 Å². The zero-order chi connectivity index (χ0) is 20.0. The molecule has 2 aliphatic heterocycles. The van der Waals surface area contributed by atoms with Crippen molar-refractivity contribution in [2.75, 3.05) is 0 Å². The van der Waals surface area contributed by atoms with E-state index in [1.54, 1.807) is 18.2 Å². The Morgan fingerprint density at radius 3 is 2.64 bits per heavy atom. The molecule has 8 heteroatoms. The predicted molar refractivity (Wildman–Crippen MR) is 111 cm³/mol. The number of aryl methyl sites for hydroxylation is 1. The summed E-state index contributed by atoms with van der Waals surface area (Å²) in [4.78, 5) is 16.6. The first kappa shape index (κ1) is 18.4. The van der Waals surface area contributed by atoms with Gasteiger partial charge in [0.25, 0.3) is 5.91 Å². The number of nitrogens with one attached hydrogen (secondary N) is 1. The van der Waals surface area contributed by atoms with Crippen LogP contribution in [0.25, 0.3) is 11.8 Å². The van der Waals surface area contributed by atoms with Gasteiger partial charge in [-0.1, -0.05) is 6.92 Å². The lowest BCUT2D eigenvalue weighted by molar-refractivity contribution is -0.114. The smallest absolute Gasteiger partial charge is 0.283 e. The van der Waals surface area contributed by atoms with E-state index in [0.29, 0.717) is 5.17 Å². The summed E-state index contributed by atoms with van der Waals surface area (Å²) in [5.74, 6) is -0.709. The third-order valence-electron chi connectivity index (χ3n) is 4.65. The number of aromatic nitrogens is 1. The summed E-state index contributed by atoms with van der Waals surface area (Å²) in [5.41, 5.74) is 3.67. The minimum Gasteiger partial charge on any atom is -0.318 e. The van der Waals surface area contributed by atoms with Gasteiger partial charge in [-0.25, -0.2) is 4.39 Å². The first-order valence-electron chi connectivity index (χ1n) is 8.83. The number of fused-ring (bicyclic) bond motifs is 1. The van der Waals surface area contributed by atoms with Crippen LogP contribution in [-0.2, 0) is 4.79 Å². The highest BCUT2D eigenvalue weighted by Gasteiger charge is 2.35. The van der Waals surface area contributed by atoms with Gasteiger partial charge in [-0.05, 0) is 74.0 Å². The van der Waals surface area contributed by atoms with Crippen LogP contribution in [0.15, 0.2) is 46.0 Å². The molecule has 1 aromatic heterocycles. The fourth-order valence-corrected chi connectivity index (χ4v) is 4.08. The van der Waals surface area contributed by atoms with Crippen molar-refractivity contribution in [3.05, 3.63) is 58.7 Å². The lowest BCUT2D eigenvalue weighted by Gasteiger charge is -2.20. The molecule has 0 atom stereocenters. The average Bonchev–Trinajstić information content (AvgIpc) is 3.20. The molecule has 1 N–H and O–H groups in total. The Morgan fingerprint density at radius 1 is 1.25 bits per heavy atom. The van der Waals surface area contributed by atoms with E-state index in [-0.39, 0.29) is 17.2 Å². The highest BCUT2D eigenvalue weighted by atomic mass is 32.2. The number of amides is 1. The number of aliphatic imine (C=N–C) groups is 1. The third-order valence-corrected chi connectivity index (χ3v) is 5.71. The Kier molecular flexibility index (Phi) is 4.50. The first-order valence-corrected chi connectivity index (χ1v) is 9.64. The second-order valence-corrected chi connectivity index (χ2v) is 7.55. The van der Waals surface area contributed by atoms with Crippen LogP contribution < -0.4 is 0 Å². The predicted octanol–water partition coefficient (Wildman–Crippen LogP) is 4.26. The Hall–Kier alpha value is -3.00. The number of thioether (sulfide) groups is 1. The summed E-state index contributed by atoms with van der Waals surface area (Å²) < 4.78 is 15.2. The zero-order valence-electron chi connectivity index (χ0n) is 15.7. The number of hydrogen-bond donors (Lipinski definition) is 1. The van der Waals surface area contributed by atoms with E-state index in [1.807, 2.05) is 31.4 Å². The van der Waals surface area contributed by atoms with E-state index >= 15 is 0 Å². The molecule has 3 heterocycles. The van der Waals surface area contributed by atoms with Gasteiger partial charge in [-0.15, -0.1) is 0 Å². The van der Waals surface area contributed by atoms with E-state index in [2.05, 4.69) is 10.1 Å². The molecule has 0 spiro atoms. The molecule has 0 unspecified atom stereocenters. The van der Waals surface area contributed by atoms with Crippen LogP contribution in [0.5, 0.6) is 0 Å². The number of carbonyl (C=O) groups excluding carboxylic acids is 1. The molecule has 4 rings (SSSR count). The second kappa shape index (κ2) is 6.87. The number of nitrogens with zero attached hydrogens (tertiary/aromatic N) is 4. The molecular formula is C20H18FN5OS. The standard InChI is InChI=1S/C20H18FN5OS/c1-4-17-24-26-18(22)16(19(27)23-20(26)28-17)10-13-9-11(2)25(12(13)3)15-7-5-14(21)6-8-15/h5-10,22H,4H2,1-3H3. The highest BCUT2D eigenvalue weighted by molar-refractivity contribution is 8.26. The third kappa shape index (κ3) is 2.99. The minimum atomic E-state index is -0.442. The molecule has 1 amide bonds. The molecule has 0 saturated carbocycles. The number of rotatable bonds is 3. The van der Waals surface area contributed by atoms with E-state index in [0.717, 1.165) is 34.1 Å². The van der Waals surface area contributed by atoms with Gasteiger partial charge in [0.1, 0.15) is 10.9 Å². The quantitative estimate of drug-likeness (QED) is 0.789. The summed E-state index contributed by atoms with van der Waals surface area (Å²) in [6, 6.07) is 8.18. The fourth-order valence-electron chi connectivity index (χ4n) is 3.25. The zero-order valence-corrected chi connectivity index (χ0v) is 16.5. The van der Waals surface area contributed by atoms with Crippen LogP contribution >= 0.6 is 11.8 Å². The monoisotopic (exact) mass is 395 g/mol. The minimum absolute atomic E-state index is 0.0255. The Bertz CT molecular complexity index is 1090. The maximum Gasteiger partial charge on any atom is 0.283 e. The van der Waals surface area contributed by atoms with Crippen LogP contribution in [0.2, 0.25) is 0 Å². The van der Waals surface area contributed by atoms with Crippen molar-refractivity contribution in [3.8, 4) is 5.69 Å². The van der Waals surface area contributed by atoms with E-state index in [4.69, 9.17) is 5.41 Å². The fraction of sp³-hybridized carbons (Fsp3) is 0.200. The number of hydrogen-bond acceptors (Lipinski definition) is 4. The molecule has 0 bridgehead atoms. The maximum absolute atomic E-state index is 13.3.